The Morgan fingerprint density at radius 2 is 1.79 bits per heavy atom. The van der Waals surface area contributed by atoms with Crippen molar-refractivity contribution in [3.63, 3.8) is 0 Å². The molecule has 3 rings (SSSR count). The van der Waals surface area contributed by atoms with Crippen LogP contribution in [-0.4, -0.2) is 16.0 Å². The summed E-state index contributed by atoms with van der Waals surface area (Å²) in [7, 11) is 0. The van der Waals surface area contributed by atoms with Gasteiger partial charge in [0.1, 0.15) is 0 Å². The third kappa shape index (κ3) is 5.63. The molecule has 0 spiro atoms. The Hall–Kier alpha value is -2.74. The second-order valence-corrected chi connectivity index (χ2v) is 7.52. The number of anilines is 2. The molecule has 1 amide bonds. The number of nitrogens with zero attached hydrogens (tertiary/aromatic N) is 1. The number of nitrogen functional groups attached to an aromatic ring is 1. The minimum Gasteiger partial charge on any atom is -0.388 e. The molecule has 146 valence electrons. The molecule has 2 atom stereocenters. The summed E-state index contributed by atoms with van der Waals surface area (Å²) in [5.74, 6) is -0.145. The van der Waals surface area contributed by atoms with Gasteiger partial charge in [-0.15, -0.1) is 11.3 Å². The number of nitrogens with one attached hydrogen (secondary N) is 1. The molecule has 0 aliphatic heterocycles. The molecule has 0 bridgehead atoms. The second kappa shape index (κ2) is 9.45. The number of nitrogens with two attached hydrogens (primary N) is 2. The van der Waals surface area contributed by atoms with E-state index in [0.29, 0.717) is 29.4 Å². The van der Waals surface area contributed by atoms with E-state index in [1.54, 1.807) is 5.38 Å². The summed E-state index contributed by atoms with van der Waals surface area (Å²) >= 11 is 1.32. The molecule has 7 heteroatoms. The summed E-state index contributed by atoms with van der Waals surface area (Å²) in [6.45, 7) is 0. The van der Waals surface area contributed by atoms with Gasteiger partial charge in [-0.25, -0.2) is 4.98 Å². The lowest BCUT2D eigenvalue weighted by molar-refractivity contribution is -0.115. The van der Waals surface area contributed by atoms with Crippen LogP contribution in [0.15, 0.2) is 60.0 Å². The molecule has 6 N–H and O–H groups in total. The molecular formula is C21H24N4O2S. The van der Waals surface area contributed by atoms with Crippen molar-refractivity contribution in [1.82, 2.24) is 4.98 Å². The van der Waals surface area contributed by atoms with Crippen LogP contribution in [0.5, 0.6) is 0 Å². The lowest BCUT2D eigenvalue weighted by Gasteiger charge is -2.16. The van der Waals surface area contributed by atoms with E-state index in [-0.39, 0.29) is 18.4 Å². The highest BCUT2D eigenvalue weighted by Crippen LogP contribution is 2.24. The molecule has 1 heterocycles. The van der Waals surface area contributed by atoms with E-state index in [1.807, 2.05) is 54.6 Å². The molecule has 1 aromatic heterocycles. The van der Waals surface area contributed by atoms with Crippen LogP contribution in [0, 0.1) is 0 Å². The maximum Gasteiger partial charge on any atom is 0.230 e. The van der Waals surface area contributed by atoms with Crippen LogP contribution < -0.4 is 16.8 Å². The van der Waals surface area contributed by atoms with E-state index in [0.717, 1.165) is 11.1 Å². The first kappa shape index (κ1) is 20.0. The zero-order valence-electron chi connectivity index (χ0n) is 15.4. The molecule has 0 aliphatic rings. The zero-order valence-corrected chi connectivity index (χ0v) is 16.2. The lowest BCUT2D eigenvalue weighted by Crippen LogP contribution is -2.15. The number of hydrogen-bond donors (Lipinski definition) is 4. The standard InChI is InChI=1S/C21H24N4O2S/c22-18(10-11-19(26)15-4-2-1-3-5-15)14-6-8-16(9-7-14)24-20(27)12-17-13-28-21(23)25-17/h1-9,13,18-19,26H,10-12,22H2,(H2,23,25)(H,24,27). The fourth-order valence-corrected chi connectivity index (χ4v) is 3.50. The van der Waals surface area contributed by atoms with Crippen LogP contribution in [0.25, 0.3) is 0 Å². The molecule has 3 aromatic rings. The van der Waals surface area contributed by atoms with Crippen LogP contribution in [0.3, 0.4) is 0 Å². The van der Waals surface area contributed by atoms with Crippen molar-refractivity contribution in [2.24, 2.45) is 5.73 Å². The zero-order chi connectivity index (χ0) is 19.9. The number of amides is 1. The number of hydrogen-bond acceptors (Lipinski definition) is 6. The van der Waals surface area contributed by atoms with E-state index in [4.69, 9.17) is 11.5 Å². The van der Waals surface area contributed by atoms with Crippen LogP contribution >= 0.6 is 11.3 Å². The molecule has 0 fully saturated rings. The first-order valence-corrected chi connectivity index (χ1v) is 9.97. The van der Waals surface area contributed by atoms with E-state index >= 15 is 0 Å². The van der Waals surface area contributed by atoms with Gasteiger partial charge in [0.05, 0.1) is 18.2 Å². The lowest BCUT2D eigenvalue weighted by atomic mass is 9.98. The Balaban J connectivity index is 1.49. The molecule has 2 aromatic carbocycles. The Bertz CT molecular complexity index is 896. The first-order chi connectivity index (χ1) is 13.5. The van der Waals surface area contributed by atoms with Crippen LogP contribution in [-0.2, 0) is 11.2 Å². The van der Waals surface area contributed by atoms with Crippen molar-refractivity contribution in [2.75, 3.05) is 11.1 Å². The summed E-state index contributed by atoms with van der Waals surface area (Å²) in [6, 6.07) is 16.8. The van der Waals surface area contributed by atoms with E-state index in [2.05, 4.69) is 10.3 Å². The van der Waals surface area contributed by atoms with Crippen molar-refractivity contribution in [2.45, 2.75) is 31.4 Å². The summed E-state index contributed by atoms with van der Waals surface area (Å²) in [6.07, 6.45) is 0.908. The van der Waals surface area contributed by atoms with Gasteiger partial charge in [0.25, 0.3) is 0 Å². The van der Waals surface area contributed by atoms with E-state index in [1.165, 1.54) is 11.3 Å². The number of aromatic nitrogens is 1. The van der Waals surface area contributed by atoms with E-state index < -0.39 is 6.10 Å². The summed E-state index contributed by atoms with van der Waals surface area (Å²) < 4.78 is 0. The van der Waals surface area contributed by atoms with Crippen molar-refractivity contribution in [1.29, 1.82) is 0 Å². The third-order valence-electron chi connectivity index (χ3n) is 4.47. The van der Waals surface area contributed by atoms with Crippen molar-refractivity contribution in [3.8, 4) is 0 Å². The molecular weight excluding hydrogens is 372 g/mol. The van der Waals surface area contributed by atoms with Crippen LogP contribution in [0.2, 0.25) is 0 Å². The third-order valence-corrected chi connectivity index (χ3v) is 5.19. The summed E-state index contributed by atoms with van der Waals surface area (Å²) in [4.78, 5) is 16.2. The first-order valence-electron chi connectivity index (χ1n) is 9.09. The highest BCUT2D eigenvalue weighted by molar-refractivity contribution is 7.13. The predicted molar refractivity (Wildman–Crippen MR) is 113 cm³/mol. The Morgan fingerprint density at radius 3 is 2.43 bits per heavy atom. The summed E-state index contributed by atoms with van der Waals surface area (Å²) in [5, 5.41) is 15.3. The molecule has 28 heavy (non-hydrogen) atoms. The minimum absolute atomic E-state index is 0.145. The molecule has 0 saturated heterocycles. The number of aliphatic hydroxyl groups is 1. The monoisotopic (exact) mass is 396 g/mol. The Labute approximate surface area is 168 Å². The average Bonchev–Trinajstić information content (AvgIpc) is 3.11. The number of aliphatic hydroxyl groups excluding tert-OH is 1. The maximum atomic E-state index is 12.1. The van der Waals surface area contributed by atoms with Gasteiger partial charge in [-0.2, -0.15) is 0 Å². The Morgan fingerprint density at radius 1 is 1.07 bits per heavy atom. The number of benzene rings is 2. The predicted octanol–water partition coefficient (Wildman–Crippen LogP) is 3.42. The Kier molecular flexibility index (Phi) is 6.76. The maximum absolute atomic E-state index is 12.1. The number of carbonyl (C=O) groups excluding carboxylic acids is 1. The topological polar surface area (TPSA) is 114 Å². The van der Waals surface area contributed by atoms with Crippen LogP contribution in [0.4, 0.5) is 10.8 Å². The van der Waals surface area contributed by atoms with E-state index in [9.17, 15) is 9.90 Å². The van der Waals surface area contributed by atoms with Gasteiger partial charge in [-0.3, -0.25) is 4.79 Å². The van der Waals surface area contributed by atoms with Crippen LogP contribution in [0.1, 0.15) is 41.8 Å². The second-order valence-electron chi connectivity index (χ2n) is 6.63. The van der Waals surface area contributed by atoms with Crippen molar-refractivity contribution >= 4 is 28.1 Å². The fourth-order valence-electron chi connectivity index (χ4n) is 2.93. The number of thiazole rings is 1. The molecule has 0 saturated carbocycles. The largest absolute Gasteiger partial charge is 0.388 e. The van der Waals surface area contributed by atoms with Crippen molar-refractivity contribution in [3.05, 3.63) is 76.8 Å². The SMILES string of the molecule is Nc1nc(CC(=O)Nc2ccc(C(N)CCC(O)c3ccccc3)cc2)cs1. The van der Waals surface area contributed by atoms with Gasteiger partial charge in [0.15, 0.2) is 5.13 Å². The quantitative estimate of drug-likeness (QED) is 0.466. The van der Waals surface area contributed by atoms with Gasteiger partial charge in [0, 0.05) is 17.1 Å². The normalized spacial score (nSPS) is 13.1. The number of carbonyl (C=O) groups is 1. The van der Waals surface area contributed by atoms with Gasteiger partial charge in [0.2, 0.25) is 5.91 Å². The van der Waals surface area contributed by atoms with Crippen molar-refractivity contribution < 1.29 is 9.90 Å². The molecule has 0 radical (unpaired) electrons. The number of rotatable bonds is 8. The fraction of sp³-hybridized carbons (Fsp3) is 0.238. The van der Waals surface area contributed by atoms with Gasteiger partial charge >= 0.3 is 0 Å². The van der Waals surface area contributed by atoms with Gasteiger partial charge in [-0.1, -0.05) is 42.5 Å². The molecule has 6 nitrogen and oxygen atoms in total. The van der Waals surface area contributed by atoms with Gasteiger partial charge < -0.3 is 21.9 Å². The highest BCUT2D eigenvalue weighted by atomic mass is 32.1. The minimum atomic E-state index is -0.523. The van der Waals surface area contributed by atoms with Gasteiger partial charge in [-0.05, 0) is 36.1 Å². The summed E-state index contributed by atoms with van der Waals surface area (Å²) in [5.41, 5.74) is 15.1. The molecule has 2 unspecified atom stereocenters. The highest BCUT2D eigenvalue weighted by Gasteiger charge is 2.12. The molecule has 0 aliphatic carbocycles. The smallest absolute Gasteiger partial charge is 0.230 e. The average molecular weight is 397 g/mol.